The van der Waals surface area contributed by atoms with Gasteiger partial charge < -0.3 is 15.7 Å². The van der Waals surface area contributed by atoms with Crippen LogP contribution in [-0.4, -0.2) is 22.5 Å². The topological polar surface area (TPSA) is 78.4 Å². The standard InChI is InChI=1S/C18H26N2O3/c1-2-6-16(21)20-15-8-5-7-14(11-15)13-19-17(22)12-18(23)9-3-4-10-18/h5,7-8,11,23H,2-4,6,9-10,12-13H2,1H3,(H,19,22)(H,20,21). The van der Waals surface area contributed by atoms with Gasteiger partial charge in [0.2, 0.25) is 11.8 Å². The maximum Gasteiger partial charge on any atom is 0.224 e. The number of carbonyl (C=O) groups is 2. The van der Waals surface area contributed by atoms with Crippen LogP contribution in [0, 0.1) is 0 Å². The van der Waals surface area contributed by atoms with Crippen LogP contribution in [0.4, 0.5) is 5.69 Å². The summed E-state index contributed by atoms with van der Waals surface area (Å²) >= 11 is 0. The number of hydrogen-bond donors (Lipinski definition) is 3. The Kier molecular flexibility index (Phi) is 6.16. The molecule has 3 N–H and O–H groups in total. The van der Waals surface area contributed by atoms with E-state index in [4.69, 9.17) is 0 Å². The number of anilines is 1. The third-order valence-electron chi connectivity index (χ3n) is 4.20. The molecule has 1 aliphatic carbocycles. The molecule has 126 valence electrons. The van der Waals surface area contributed by atoms with Gasteiger partial charge >= 0.3 is 0 Å². The van der Waals surface area contributed by atoms with Gasteiger partial charge in [-0.15, -0.1) is 0 Å². The molecular formula is C18H26N2O3. The maximum absolute atomic E-state index is 12.0. The van der Waals surface area contributed by atoms with E-state index in [-0.39, 0.29) is 18.2 Å². The van der Waals surface area contributed by atoms with Crippen LogP contribution in [0.1, 0.15) is 57.4 Å². The number of benzene rings is 1. The smallest absolute Gasteiger partial charge is 0.224 e. The molecule has 1 aromatic carbocycles. The highest BCUT2D eigenvalue weighted by molar-refractivity contribution is 5.90. The minimum atomic E-state index is -0.819. The third kappa shape index (κ3) is 5.67. The first-order valence-electron chi connectivity index (χ1n) is 8.39. The average molecular weight is 318 g/mol. The Hall–Kier alpha value is -1.88. The molecule has 0 aliphatic heterocycles. The molecule has 1 saturated carbocycles. The molecule has 0 radical (unpaired) electrons. The minimum absolute atomic E-state index is 0.00265. The zero-order valence-corrected chi connectivity index (χ0v) is 13.7. The second-order valence-corrected chi connectivity index (χ2v) is 6.38. The van der Waals surface area contributed by atoms with Gasteiger partial charge in [0.05, 0.1) is 12.0 Å². The van der Waals surface area contributed by atoms with Crippen molar-refractivity contribution in [1.82, 2.24) is 5.32 Å². The van der Waals surface area contributed by atoms with Crippen molar-refractivity contribution in [1.29, 1.82) is 0 Å². The molecule has 1 aromatic rings. The van der Waals surface area contributed by atoms with E-state index in [0.717, 1.165) is 30.5 Å². The van der Waals surface area contributed by atoms with Crippen molar-refractivity contribution in [2.24, 2.45) is 0 Å². The van der Waals surface area contributed by atoms with Gasteiger partial charge in [-0.05, 0) is 37.0 Å². The highest BCUT2D eigenvalue weighted by Gasteiger charge is 2.33. The minimum Gasteiger partial charge on any atom is -0.389 e. The maximum atomic E-state index is 12.0. The van der Waals surface area contributed by atoms with Gasteiger partial charge in [-0.25, -0.2) is 0 Å². The Balaban J connectivity index is 1.83. The fourth-order valence-electron chi connectivity index (χ4n) is 2.98. The molecule has 5 nitrogen and oxygen atoms in total. The van der Waals surface area contributed by atoms with Crippen LogP contribution in [0.3, 0.4) is 0 Å². The molecule has 1 fully saturated rings. The van der Waals surface area contributed by atoms with Crippen molar-refractivity contribution >= 4 is 17.5 Å². The third-order valence-corrected chi connectivity index (χ3v) is 4.20. The van der Waals surface area contributed by atoms with E-state index in [1.54, 1.807) is 0 Å². The van der Waals surface area contributed by atoms with Gasteiger partial charge in [0.1, 0.15) is 0 Å². The van der Waals surface area contributed by atoms with Crippen molar-refractivity contribution in [3.8, 4) is 0 Å². The number of rotatable bonds is 7. The lowest BCUT2D eigenvalue weighted by atomic mass is 9.97. The Morgan fingerprint density at radius 3 is 2.65 bits per heavy atom. The zero-order chi connectivity index (χ0) is 16.7. The van der Waals surface area contributed by atoms with Crippen molar-refractivity contribution in [2.75, 3.05) is 5.32 Å². The first-order chi connectivity index (χ1) is 11.0. The lowest BCUT2D eigenvalue weighted by Gasteiger charge is -2.21. The van der Waals surface area contributed by atoms with E-state index in [0.29, 0.717) is 25.8 Å². The summed E-state index contributed by atoms with van der Waals surface area (Å²) < 4.78 is 0. The molecule has 0 spiro atoms. The second-order valence-electron chi connectivity index (χ2n) is 6.38. The number of nitrogens with one attached hydrogen (secondary N) is 2. The molecule has 5 heteroatoms. The number of amides is 2. The molecule has 0 heterocycles. The van der Waals surface area contributed by atoms with E-state index < -0.39 is 5.60 Å². The lowest BCUT2D eigenvalue weighted by Crippen LogP contribution is -2.34. The summed E-state index contributed by atoms with van der Waals surface area (Å²) in [4.78, 5) is 23.6. The molecule has 2 amide bonds. The first-order valence-corrected chi connectivity index (χ1v) is 8.39. The summed E-state index contributed by atoms with van der Waals surface area (Å²) in [6.07, 6.45) is 4.87. The molecule has 0 aromatic heterocycles. The van der Waals surface area contributed by atoms with Crippen LogP contribution in [0.25, 0.3) is 0 Å². The predicted molar refractivity (Wildman–Crippen MR) is 89.9 cm³/mol. The summed E-state index contributed by atoms with van der Waals surface area (Å²) in [6.45, 7) is 2.36. The number of hydrogen-bond acceptors (Lipinski definition) is 3. The summed E-state index contributed by atoms with van der Waals surface area (Å²) in [7, 11) is 0. The largest absolute Gasteiger partial charge is 0.389 e. The van der Waals surface area contributed by atoms with Crippen molar-refractivity contribution in [3.05, 3.63) is 29.8 Å². The van der Waals surface area contributed by atoms with E-state index in [1.165, 1.54) is 0 Å². The van der Waals surface area contributed by atoms with E-state index >= 15 is 0 Å². The number of carbonyl (C=O) groups excluding carboxylic acids is 2. The van der Waals surface area contributed by atoms with Gasteiger partial charge in [0, 0.05) is 18.7 Å². The summed E-state index contributed by atoms with van der Waals surface area (Å²) in [5.41, 5.74) is 0.843. The van der Waals surface area contributed by atoms with Gasteiger partial charge in [0.25, 0.3) is 0 Å². The molecule has 2 rings (SSSR count). The molecule has 23 heavy (non-hydrogen) atoms. The predicted octanol–water partition coefficient (Wildman–Crippen LogP) is 2.74. The van der Waals surface area contributed by atoms with Crippen molar-refractivity contribution in [3.63, 3.8) is 0 Å². The van der Waals surface area contributed by atoms with Crippen LogP contribution in [0.15, 0.2) is 24.3 Å². The zero-order valence-electron chi connectivity index (χ0n) is 13.7. The van der Waals surface area contributed by atoms with E-state index in [2.05, 4.69) is 10.6 Å². The molecular weight excluding hydrogens is 292 g/mol. The average Bonchev–Trinajstić information content (AvgIpc) is 2.92. The van der Waals surface area contributed by atoms with Crippen molar-refractivity contribution < 1.29 is 14.7 Å². The SMILES string of the molecule is CCCC(=O)Nc1cccc(CNC(=O)CC2(O)CCCC2)c1. The van der Waals surface area contributed by atoms with Gasteiger partial charge in [-0.2, -0.15) is 0 Å². The summed E-state index contributed by atoms with van der Waals surface area (Å²) in [5, 5.41) is 15.9. The Bertz CT molecular complexity index is 551. The Morgan fingerprint density at radius 2 is 1.96 bits per heavy atom. The molecule has 0 atom stereocenters. The van der Waals surface area contributed by atoms with Gasteiger partial charge in [0.15, 0.2) is 0 Å². The first kappa shape index (κ1) is 17.5. The molecule has 0 bridgehead atoms. The quantitative estimate of drug-likeness (QED) is 0.723. The fraction of sp³-hybridized carbons (Fsp3) is 0.556. The normalized spacial score (nSPS) is 16.1. The van der Waals surface area contributed by atoms with Crippen LogP contribution in [0.5, 0.6) is 0 Å². The lowest BCUT2D eigenvalue weighted by molar-refractivity contribution is -0.126. The Morgan fingerprint density at radius 1 is 1.22 bits per heavy atom. The van der Waals surface area contributed by atoms with Gasteiger partial charge in [-0.3, -0.25) is 9.59 Å². The molecule has 0 saturated heterocycles. The highest BCUT2D eigenvalue weighted by Crippen LogP contribution is 2.32. The van der Waals surface area contributed by atoms with E-state index in [9.17, 15) is 14.7 Å². The van der Waals surface area contributed by atoms with Crippen LogP contribution >= 0.6 is 0 Å². The van der Waals surface area contributed by atoms with Crippen LogP contribution in [-0.2, 0) is 16.1 Å². The van der Waals surface area contributed by atoms with Gasteiger partial charge in [-0.1, -0.05) is 31.9 Å². The molecule has 1 aliphatic rings. The highest BCUT2D eigenvalue weighted by atomic mass is 16.3. The fourth-order valence-corrected chi connectivity index (χ4v) is 2.98. The second kappa shape index (κ2) is 8.11. The number of aliphatic hydroxyl groups is 1. The molecule has 0 unspecified atom stereocenters. The summed E-state index contributed by atoms with van der Waals surface area (Å²) in [6, 6.07) is 7.45. The van der Waals surface area contributed by atoms with Crippen molar-refractivity contribution in [2.45, 2.75) is 64.0 Å². The monoisotopic (exact) mass is 318 g/mol. The van der Waals surface area contributed by atoms with E-state index in [1.807, 2.05) is 31.2 Å². The Labute approximate surface area is 137 Å². The summed E-state index contributed by atoms with van der Waals surface area (Å²) in [5.74, 6) is -0.132. The van der Waals surface area contributed by atoms with Crippen LogP contribution in [0.2, 0.25) is 0 Å². The van der Waals surface area contributed by atoms with Crippen LogP contribution < -0.4 is 10.6 Å².